The lowest BCUT2D eigenvalue weighted by molar-refractivity contribution is -0.514. The number of piperidine rings is 1. The summed E-state index contributed by atoms with van der Waals surface area (Å²) in [7, 11) is 2.02. The van der Waals surface area contributed by atoms with Crippen LogP contribution in [0.3, 0.4) is 0 Å². The van der Waals surface area contributed by atoms with Gasteiger partial charge in [-0.25, -0.2) is 4.90 Å². The summed E-state index contributed by atoms with van der Waals surface area (Å²) in [6.45, 7) is 8.96. The van der Waals surface area contributed by atoms with Crippen LogP contribution in [0.15, 0.2) is 6.58 Å². The van der Waals surface area contributed by atoms with Gasteiger partial charge in [0, 0.05) is 25.1 Å². The van der Waals surface area contributed by atoms with Crippen LogP contribution in [0.5, 0.6) is 0 Å². The van der Waals surface area contributed by atoms with Crippen molar-refractivity contribution in [3.63, 3.8) is 0 Å². The molecular weight excluding hydrogens is 176 g/mol. The maximum absolute atomic E-state index is 5.30. The highest BCUT2D eigenvalue weighted by Gasteiger charge is 2.41. The van der Waals surface area contributed by atoms with Gasteiger partial charge in [-0.1, -0.05) is 0 Å². The van der Waals surface area contributed by atoms with Crippen molar-refractivity contribution in [2.75, 3.05) is 40.0 Å². The van der Waals surface area contributed by atoms with Crippen LogP contribution in [0.4, 0.5) is 0 Å². The molecule has 0 atom stereocenters. The predicted molar refractivity (Wildman–Crippen MR) is 55.7 cm³/mol. The lowest BCUT2D eigenvalue weighted by atomic mass is 9.77. The van der Waals surface area contributed by atoms with Crippen molar-refractivity contribution in [2.45, 2.75) is 12.8 Å². The van der Waals surface area contributed by atoms with Gasteiger partial charge in [0.05, 0.1) is 13.2 Å². The number of rotatable bonds is 2. The minimum atomic E-state index is 0.549. The first-order valence-corrected chi connectivity index (χ1v) is 5.28. The van der Waals surface area contributed by atoms with E-state index in [1.165, 1.54) is 25.9 Å². The molecule has 0 aromatic carbocycles. The van der Waals surface area contributed by atoms with Crippen molar-refractivity contribution in [1.29, 1.82) is 0 Å². The van der Waals surface area contributed by atoms with E-state index in [0.29, 0.717) is 5.41 Å². The molecule has 0 bridgehead atoms. The Balaban J connectivity index is 1.81. The maximum Gasteiger partial charge on any atom is 0.208 e. The zero-order chi connectivity index (χ0) is 10.0. The van der Waals surface area contributed by atoms with Gasteiger partial charge in [0.2, 0.25) is 6.67 Å². The van der Waals surface area contributed by atoms with Gasteiger partial charge in [0.15, 0.2) is 5.87 Å². The minimum absolute atomic E-state index is 0.549. The number of likely N-dealkylation sites (tertiary alicyclic amines) is 1. The normalized spacial score (nSPS) is 25.5. The summed E-state index contributed by atoms with van der Waals surface area (Å²) in [4.78, 5) is 2.46. The van der Waals surface area contributed by atoms with E-state index in [1.807, 2.05) is 11.6 Å². The largest absolute Gasteiger partial charge is 0.380 e. The lowest BCUT2D eigenvalue weighted by Gasteiger charge is -2.46. The number of hydrogen-bond donors (Lipinski definition) is 0. The Bertz CT molecular complexity index is 254. The topological polar surface area (TPSA) is 15.5 Å². The van der Waals surface area contributed by atoms with Crippen LogP contribution in [-0.2, 0) is 4.74 Å². The highest BCUT2D eigenvalue weighted by Crippen LogP contribution is 2.38. The number of nitrogens with zero attached hydrogens (tertiary/aromatic N) is 2. The van der Waals surface area contributed by atoms with E-state index in [0.717, 1.165) is 19.9 Å². The van der Waals surface area contributed by atoms with Crippen LogP contribution < -0.4 is 0 Å². The molecule has 0 radical (unpaired) electrons. The second-order valence-corrected chi connectivity index (χ2v) is 4.61. The van der Waals surface area contributed by atoms with Gasteiger partial charge in [-0.05, 0) is 12.8 Å². The molecular formula is C11H19N2O+. The highest BCUT2D eigenvalue weighted by molar-refractivity contribution is 5.39. The first kappa shape index (κ1) is 9.91. The second-order valence-electron chi connectivity index (χ2n) is 4.61. The third-order valence-corrected chi connectivity index (χ3v) is 3.42. The monoisotopic (exact) mass is 195 g/mol. The first-order chi connectivity index (χ1) is 6.74. The molecule has 14 heavy (non-hydrogen) atoms. The Kier molecular flexibility index (Phi) is 2.73. The molecule has 0 aromatic heterocycles. The van der Waals surface area contributed by atoms with E-state index in [9.17, 15) is 0 Å². The van der Waals surface area contributed by atoms with Crippen LogP contribution in [0, 0.1) is 5.41 Å². The summed E-state index contributed by atoms with van der Waals surface area (Å²) in [5.41, 5.74) is 0.549. The Hall–Kier alpha value is -0.630. The van der Waals surface area contributed by atoms with Crippen molar-refractivity contribution in [2.24, 2.45) is 5.41 Å². The van der Waals surface area contributed by atoms with E-state index < -0.39 is 0 Å². The Morgan fingerprint density at radius 2 is 2.07 bits per heavy atom. The molecule has 2 fully saturated rings. The Labute approximate surface area is 85.7 Å². The van der Waals surface area contributed by atoms with Crippen LogP contribution in [0.2, 0.25) is 0 Å². The van der Waals surface area contributed by atoms with Crippen LogP contribution in [-0.4, -0.2) is 55.4 Å². The zero-order valence-electron chi connectivity index (χ0n) is 8.96. The molecule has 0 unspecified atom stereocenters. The summed E-state index contributed by atoms with van der Waals surface area (Å²) in [5, 5.41) is 0. The fourth-order valence-electron chi connectivity index (χ4n) is 2.20. The molecule has 0 aromatic rings. The highest BCUT2D eigenvalue weighted by atomic mass is 16.5. The van der Waals surface area contributed by atoms with Crippen molar-refractivity contribution < 1.29 is 9.31 Å². The van der Waals surface area contributed by atoms with E-state index in [2.05, 4.69) is 17.3 Å². The second kappa shape index (κ2) is 3.85. The summed E-state index contributed by atoms with van der Waals surface area (Å²) in [6, 6.07) is 0. The van der Waals surface area contributed by atoms with Gasteiger partial charge in [-0.15, -0.1) is 0 Å². The van der Waals surface area contributed by atoms with Gasteiger partial charge in [0.1, 0.15) is 7.05 Å². The van der Waals surface area contributed by atoms with Crippen molar-refractivity contribution in [1.82, 2.24) is 4.90 Å². The molecule has 2 aliphatic heterocycles. The molecule has 0 amide bonds. The van der Waals surface area contributed by atoms with E-state index in [-0.39, 0.29) is 0 Å². The standard InChI is InChI=1S/C11H19N2O/c1-3-12(2)10-13-6-4-11(5-7-13)8-14-9-11/h1,4-10H2,2H3/q+1. The van der Waals surface area contributed by atoms with Crippen molar-refractivity contribution in [3.05, 3.63) is 6.58 Å². The fraction of sp³-hybridized carbons (Fsp3) is 0.818. The zero-order valence-corrected chi connectivity index (χ0v) is 8.96. The van der Waals surface area contributed by atoms with Gasteiger partial charge in [-0.2, -0.15) is 4.58 Å². The van der Waals surface area contributed by atoms with Gasteiger partial charge < -0.3 is 4.74 Å². The Morgan fingerprint density at radius 3 is 2.50 bits per heavy atom. The lowest BCUT2D eigenvalue weighted by Crippen LogP contribution is -2.51. The van der Waals surface area contributed by atoms with E-state index >= 15 is 0 Å². The Morgan fingerprint density at radius 1 is 1.43 bits per heavy atom. The van der Waals surface area contributed by atoms with Gasteiger partial charge in [-0.3, -0.25) is 0 Å². The number of hydrogen-bond acceptors (Lipinski definition) is 2. The maximum atomic E-state index is 5.30. The quantitative estimate of drug-likeness (QED) is 0.472. The van der Waals surface area contributed by atoms with Gasteiger partial charge >= 0.3 is 0 Å². The molecule has 0 aliphatic carbocycles. The molecule has 0 N–H and O–H groups in total. The van der Waals surface area contributed by atoms with Crippen molar-refractivity contribution >= 4 is 5.87 Å². The summed E-state index contributed by atoms with van der Waals surface area (Å²) < 4.78 is 7.31. The average Bonchev–Trinajstić information content (AvgIpc) is 2.16. The van der Waals surface area contributed by atoms with Crippen LogP contribution in [0.25, 0.3) is 0 Å². The third kappa shape index (κ3) is 1.90. The van der Waals surface area contributed by atoms with Crippen LogP contribution in [0.1, 0.15) is 12.8 Å². The average molecular weight is 195 g/mol. The molecule has 3 nitrogen and oxygen atoms in total. The fourth-order valence-corrected chi connectivity index (χ4v) is 2.20. The summed E-state index contributed by atoms with van der Waals surface area (Å²) >= 11 is 0. The molecule has 2 saturated heterocycles. The molecule has 2 heterocycles. The summed E-state index contributed by atoms with van der Waals surface area (Å²) in [6.07, 6.45) is 2.58. The summed E-state index contributed by atoms with van der Waals surface area (Å²) in [5.74, 6) is 2.88. The van der Waals surface area contributed by atoms with Crippen LogP contribution >= 0.6 is 0 Å². The third-order valence-electron chi connectivity index (χ3n) is 3.42. The minimum Gasteiger partial charge on any atom is -0.380 e. The van der Waals surface area contributed by atoms with E-state index in [4.69, 9.17) is 4.74 Å². The molecule has 1 spiro atoms. The molecule has 2 rings (SSSR count). The van der Waals surface area contributed by atoms with Crippen molar-refractivity contribution in [3.8, 4) is 0 Å². The van der Waals surface area contributed by atoms with E-state index in [1.54, 1.807) is 0 Å². The first-order valence-electron chi connectivity index (χ1n) is 5.28. The molecule has 3 heteroatoms. The van der Waals surface area contributed by atoms with Gasteiger partial charge in [0.25, 0.3) is 0 Å². The molecule has 2 aliphatic rings. The molecule has 78 valence electrons. The SMILES string of the molecule is C=C=[N+](C)CN1CCC2(CC1)COC2. The molecule has 0 saturated carbocycles. The smallest absolute Gasteiger partial charge is 0.208 e. The predicted octanol–water partition coefficient (Wildman–Crippen LogP) is 0.554. The number of ether oxygens (including phenoxy) is 1.